The fourth-order valence-corrected chi connectivity index (χ4v) is 3.15. The highest BCUT2D eigenvalue weighted by molar-refractivity contribution is 5.70. The van der Waals surface area contributed by atoms with Gasteiger partial charge in [0.15, 0.2) is 0 Å². The molecule has 0 spiro atoms. The van der Waals surface area contributed by atoms with E-state index < -0.39 is 0 Å². The molecule has 6 heteroatoms. The van der Waals surface area contributed by atoms with Gasteiger partial charge >= 0.3 is 0 Å². The first-order chi connectivity index (χ1) is 12.6. The number of hydrogen-bond donors (Lipinski definition) is 1. The second kappa shape index (κ2) is 6.71. The highest BCUT2D eigenvalue weighted by Gasteiger charge is 2.40. The van der Waals surface area contributed by atoms with E-state index in [4.69, 9.17) is 4.74 Å². The summed E-state index contributed by atoms with van der Waals surface area (Å²) in [7, 11) is 0. The molecular weight excluding hydrogens is 328 g/mol. The summed E-state index contributed by atoms with van der Waals surface area (Å²) >= 11 is 0. The molecule has 0 aliphatic heterocycles. The van der Waals surface area contributed by atoms with E-state index in [0.717, 1.165) is 28.8 Å². The third-order valence-electron chi connectivity index (χ3n) is 4.72. The maximum absolute atomic E-state index is 11.7. The number of aryl methyl sites for hydroxylation is 2. The van der Waals surface area contributed by atoms with Gasteiger partial charge in [0.2, 0.25) is 11.4 Å². The Morgan fingerprint density at radius 1 is 1.23 bits per heavy atom. The summed E-state index contributed by atoms with van der Waals surface area (Å²) in [4.78, 5) is 27.6. The average Bonchev–Trinajstić information content (AvgIpc) is 3.43. The first-order valence-electron chi connectivity index (χ1n) is 8.69. The molecule has 3 aromatic rings. The highest BCUT2D eigenvalue weighted by Crippen LogP contribution is 2.46. The van der Waals surface area contributed by atoms with E-state index in [1.54, 1.807) is 18.5 Å². The minimum Gasteiger partial charge on any atom is -0.477 e. The molecule has 6 nitrogen and oxygen atoms in total. The van der Waals surface area contributed by atoms with E-state index in [0.29, 0.717) is 30.1 Å². The van der Waals surface area contributed by atoms with Crippen molar-refractivity contribution in [1.82, 2.24) is 19.9 Å². The minimum atomic E-state index is -0.158. The number of ether oxygens (including phenoxy) is 1. The number of hydrogen-bond acceptors (Lipinski definition) is 5. The van der Waals surface area contributed by atoms with E-state index in [2.05, 4.69) is 26.0 Å². The van der Waals surface area contributed by atoms with Gasteiger partial charge in [0.25, 0.3) is 0 Å². The smallest absolute Gasteiger partial charge is 0.248 e. The normalized spacial score (nSPS) is 18.5. The van der Waals surface area contributed by atoms with E-state index in [9.17, 15) is 4.79 Å². The van der Waals surface area contributed by atoms with Crippen molar-refractivity contribution in [1.29, 1.82) is 0 Å². The Labute approximate surface area is 151 Å². The van der Waals surface area contributed by atoms with Crippen LogP contribution in [-0.4, -0.2) is 26.5 Å². The van der Waals surface area contributed by atoms with Crippen molar-refractivity contribution in [3.63, 3.8) is 0 Å². The van der Waals surface area contributed by atoms with Crippen LogP contribution in [0.25, 0.3) is 11.1 Å². The number of aromatic nitrogens is 4. The Kier molecular flexibility index (Phi) is 4.24. The van der Waals surface area contributed by atoms with Gasteiger partial charge in [-0.2, -0.15) is 4.98 Å². The molecule has 3 aromatic heterocycles. The summed E-state index contributed by atoms with van der Waals surface area (Å²) in [6.07, 6.45) is 6.31. The molecule has 2 unspecified atom stereocenters. The fraction of sp³-hybridized carbons (Fsp3) is 0.300. The van der Waals surface area contributed by atoms with Crippen LogP contribution in [0.15, 0.2) is 47.7 Å². The van der Waals surface area contributed by atoms with Crippen molar-refractivity contribution < 1.29 is 4.74 Å². The SMILES string of the molecule is Cc1ncc(-c2cc(=O)[nH]cc2C)c(OCC2CC2c2ccccn2)n1. The molecule has 1 aliphatic carbocycles. The predicted octanol–water partition coefficient (Wildman–Crippen LogP) is 3.03. The molecule has 1 fully saturated rings. The third kappa shape index (κ3) is 3.35. The van der Waals surface area contributed by atoms with E-state index >= 15 is 0 Å². The molecule has 2 atom stereocenters. The van der Waals surface area contributed by atoms with Crippen molar-refractivity contribution in [2.75, 3.05) is 6.61 Å². The van der Waals surface area contributed by atoms with E-state index in [1.807, 2.05) is 32.2 Å². The number of nitrogens with zero attached hydrogens (tertiary/aromatic N) is 3. The van der Waals surface area contributed by atoms with Gasteiger partial charge in [-0.15, -0.1) is 0 Å². The van der Waals surface area contributed by atoms with Crippen LogP contribution >= 0.6 is 0 Å². The molecule has 0 aromatic carbocycles. The number of nitrogens with one attached hydrogen (secondary N) is 1. The van der Waals surface area contributed by atoms with Crippen LogP contribution < -0.4 is 10.3 Å². The molecule has 26 heavy (non-hydrogen) atoms. The lowest BCUT2D eigenvalue weighted by Crippen LogP contribution is -2.08. The molecule has 1 aliphatic rings. The van der Waals surface area contributed by atoms with Crippen LogP contribution in [0.4, 0.5) is 0 Å². The zero-order chi connectivity index (χ0) is 18.1. The molecule has 0 saturated heterocycles. The Balaban J connectivity index is 1.55. The number of pyridine rings is 2. The Bertz CT molecular complexity index is 985. The summed E-state index contributed by atoms with van der Waals surface area (Å²) in [6, 6.07) is 7.56. The lowest BCUT2D eigenvalue weighted by molar-refractivity contribution is 0.285. The molecule has 1 saturated carbocycles. The fourth-order valence-electron chi connectivity index (χ4n) is 3.15. The van der Waals surface area contributed by atoms with Crippen LogP contribution in [0, 0.1) is 19.8 Å². The van der Waals surface area contributed by atoms with E-state index in [-0.39, 0.29) is 5.56 Å². The van der Waals surface area contributed by atoms with Crippen LogP contribution in [0.2, 0.25) is 0 Å². The van der Waals surface area contributed by atoms with Crippen LogP contribution in [0.5, 0.6) is 5.88 Å². The minimum absolute atomic E-state index is 0.158. The van der Waals surface area contributed by atoms with Gasteiger partial charge < -0.3 is 9.72 Å². The maximum atomic E-state index is 11.7. The monoisotopic (exact) mass is 348 g/mol. The Morgan fingerprint density at radius 3 is 2.92 bits per heavy atom. The van der Waals surface area contributed by atoms with Crippen molar-refractivity contribution in [3.05, 3.63) is 70.3 Å². The molecule has 4 rings (SSSR count). The Morgan fingerprint density at radius 2 is 2.12 bits per heavy atom. The summed E-state index contributed by atoms with van der Waals surface area (Å²) in [5.41, 5.74) is 3.44. The third-order valence-corrected chi connectivity index (χ3v) is 4.72. The summed E-state index contributed by atoms with van der Waals surface area (Å²) in [6.45, 7) is 4.34. The summed E-state index contributed by atoms with van der Waals surface area (Å²) in [5, 5.41) is 0. The topological polar surface area (TPSA) is 80.8 Å². The average molecular weight is 348 g/mol. The maximum Gasteiger partial charge on any atom is 0.248 e. The number of rotatable bonds is 5. The van der Waals surface area contributed by atoms with Crippen molar-refractivity contribution in [2.45, 2.75) is 26.2 Å². The molecular formula is C20H20N4O2. The van der Waals surface area contributed by atoms with E-state index in [1.165, 1.54) is 0 Å². The van der Waals surface area contributed by atoms with Gasteiger partial charge in [0, 0.05) is 42.2 Å². The zero-order valence-electron chi connectivity index (χ0n) is 14.8. The molecule has 1 N–H and O–H groups in total. The lowest BCUT2D eigenvalue weighted by Gasteiger charge is -2.12. The van der Waals surface area contributed by atoms with Crippen LogP contribution in [0.1, 0.15) is 29.4 Å². The van der Waals surface area contributed by atoms with Gasteiger partial charge in [0.1, 0.15) is 5.82 Å². The summed E-state index contributed by atoms with van der Waals surface area (Å²) in [5.74, 6) is 2.05. The number of H-pyrrole nitrogens is 1. The predicted molar refractivity (Wildman–Crippen MR) is 98.1 cm³/mol. The van der Waals surface area contributed by atoms with Crippen molar-refractivity contribution in [3.8, 4) is 17.0 Å². The first-order valence-corrected chi connectivity index (χ1v) is 8.69. The molecule has 0 bridgehead atoms. The lowest BCUT2D eigenvalue weighted by atomic mass is 10.1. The molecule has 3 heterocycles. The second-order valence-corrected chi connectivity index (χ2v) is 6.70. The van der Waals surface area contributed by atoms with Crippen LogP contribution in [0.3, 0.4) is 0 Å². The summed E-state index contributed by atoms with van der Waals surface area (Å²) < 4.78 is 6.05. The molecule has 132 valence electrons. The van der Waals surface area contributed by atoms with Gasteiger partial charge in [-0.1, -0.05) is 6.07 Å². The van der Waals surface area contributed by atoms with Gasteiger partial charge in [-0.05, 0) is 43.5 Å². The van der Waals surface area contributed by atoms with Crippen molar-refractivity contribution in [2.24, 2.45) is 5.92 Å². The first kappa shape index (κ1) is 16.4. The van der Waals surface area contributed by atoms with Gasteiger partial charge in [0.05, 0.1) is 12.2 Å². The largest absolute Gasteiger partial charge is 0.477 e. The quantitative estimate of drug-likeness (QED) is 0.766. The molecule has 0 amide bonds. The number of aromatic amines is 1. The van der Waals surface area contributed by atoms with Crippen molar-refractivity contribution >= 4 is 0 Å². The standard InChI is InChI=1S/C20H20N4O2/c1-12-9-23-19(25)8-15(12)17-10-22-13(2)24-20(17)26-11-14-7-16(14)18-5-3-4-6-21-18/h3-6,8-10,14,16H,7,11H2,1-2H3,(H,23,25). The zero-order valence-corrected chi connectivity index (χ0v) is 14.8. The van der Waals surface area contributed by atoms with Gasteiger partial charge in [-0.25, -0.2) is 4.98 Å². The Hall–Kier alpha value is -3.02. The second-order valence-electron chi connectivity index (χ2n) is 6.70. The van der Waals surface area contributed by atoms with Gasteiger partial charge in [-0.3, -0.25) is 9.78 Å². The highest BCUT2D eigenvalue weighted by atomic mass is 16.5. The van der Waals surface area contributed by atoms with Crippen LogP contribution in [-0.2, 0) is 0 Å². The molecule has 0 radical (unpaired) electrons.